The topological polar surface area (TPSA) is 47.4 Å². The number of amides is 1. The highest BCUT2D eigenvalue weighted by molar-refractivity contribution is 6.30. The van der Waals surface area contributed by atoms with Crippen LogP contribution in [0.5, 0.6) is 5.88 Å². The maximum Gasteiger partial charge on any atom is 0.273 e. The molecule has 0 bridgehead atoms. The molecule has 0 saturated carbocycles. The maximum atomic E-state index is 11.9. The fraction of sp³-hybridized carbons (Fsp3) is 0.231. The SMILES string of the molecule is COc1cc(C(=O)N(C)C)nn1-c1cccc(Cl)c1. The molecule has 0 fully saturated rings. The predicted molar refractivity (Wildman–Crippen MR) is 73.1 cm³/mol. The fourth-order valence-electron chi connectivity index (χ4n) is 1.64. The fourth-order valence-corrected chi connectivity index (χ4v) is 1.82. The third-order valence-electron chi connectivity index (χ3n) is 2.56. The molecule has 1 heterocycles. The number of nitrogens with zero attached hydrogens (tertiary/aromatic N) is 3. The summed E-state index contributed by atoms with van der Waals surface area (Å²) in [7, 11) is 4.88. The van der Waals surface area contributed by atoms with Crippen molar-refractivity contribution in [2.24, 2.45) is 0 Å². The molecule has 1 amide bonds. The van der Waals surface area contributed by atoms with Gasteiger partial charge < -0.3 is 9.64 Å². The summed E-state index contributed by atoms with van der Waals surface area (Å²) in [6.45, 7) is 0. The Kier molecular flexibility index (Phi) is 3.76. The normalized spacial score (nSPS) is 10.3. The van der Waals surface area contributed by atoms with Crippen molar-refractivity contribution in [2.45, 2.75) is 0 Å². The van der Waals surface area contributed by atoms with Gasteiger partial charge in [0.2, 0.25) is 5.88 Å². The lowest BCUT2D eigenvalue weighted by Gasteiger charge is -2.07. The minimum Gasteiger partial charge on any atom is -0.481 e. The molecule has 0 N–H and O–H groups in total. The molecular weight excluding hydrogens is 266 g/mol. The van der Waals surface area contributed by atoms with Crippen LogP contribution >= 0.6 is 11.6 Å². The van der Waals surface area contributed by atoms with Gasteiger partial charge in [0.15, 0.2) is 5.69 Å². The minimum atomic E-state index is -0.181. The Morgan fingerprint density at radius 3 is 2.68 bits per heavy atom. The van der Waals surface area contributed by atoms with E-state index >= 15 is 0 Å². The molecule has 5 nitrogen and oxygen atoms in total. The van der Waals surface area contributed by atoms with Gasteiger partial charge in [0.05, 0.1) is 12.8 Å². The van der Waals surface area contributed by atoms with Crippen LogP contribution < -0.4 is 4.74 Å². The summed E-state index contributed by atoms with van der Waals surface area (Å²) in [4.78, 5) is 13.4. The van der Waals surface area contributed by atoms with E-state index in [1.165, 1.54) is 12.0 Å². The Bertz CT molecular complexity index is 608. The first-order chi connectivity index (χ1) is 9.02. The second kappa shape index (κ2) is 5.32. The Balaban J connectivity index is 2.49. The number of hydrogen-bond acceptors (Lipinski definition) is 3. The van der Waals surface area contributed by atoms with Crippen molar-refractivity contribution in [1.29, 1.82) is 0 Å². The number of ether oxygens (including phenoxy) is 1. The lowest BCUT2D eigenvalue weighted by atomic mass is 10.3. The van der Waals surface area contributed by atoms with Gasteiger partial charge in [0.25, 0.3) is 5.91 Å². The highest BCUT2D eigenvalue weighted by atomic mass is 35.5. The van der Waals surface area contributed by atoms with Crippen LogP contribution in [0.15, 0.2) is 30.3 Å². The summed E-state index contributed by atoms with van der Waals surface area (Å²) < 4.78 is 6.78. The van der Waals surface area contributed by atoms with Gasteiger partial charge in [-0.15, -0.1) is 0 Å². The van der Waals surface area contributed by atoms with Gasteiger partial charge in [-0.25, -0.2) is 4.68 Å². The van der Waals surface area contributed by atoms with E-state index in [9.17, 15) is 4.79 Å². The van der Waals surface area contributed by atoms with Gasteiger partial charge in [-0.2, -0.15) is 5.10 Å². The molecule has 0 radical (unpaired) electrons. The molecular formula is C13H14ClN3O2. The lowest BCUT2D eigenvalue weighted by molar-refractivity contribution is 0.0821. The van der Waals surface area contributed by atoms with Gasteiger partial charge in [-0.3, -0.25) is 4.79 Å². The predicted octanol–water partition coefficient (Wildman–Crippen LogP) is 2.24. The number of methoxy groups -OCH3 is 1. The van der Waals surface area contributed by atoms with Crippen LogP contribution in [0.4, 0.5) is 0 Å². The van der Waals surface area contributed by atoms with E-state index in [-0.39, 0.29) is 5.91 Å². The molecule has 0 aliphatic heterocycles. The van der Waals surface area contributed by atoms with Crippen molar-refractivity contribution in [2.75, 3.05) is 21.2 Å². The summed E-state index contributed by atoms with van der Waals surface area (Å²) in [5.74, 6) is 0.298. The number of halogens is 1. The van der Waals surface area contributed by atoms with Gasteiger partial charge in [-0.1, -0.05) is 17.7 Å². The van der Waals surface area contributed by atoms with E-state index in [1.54, 1.807) is 37.0 Å². The molecule has 0 saturated heterocycles. The van der Waals surface area contributed by atoms with Crippen molar-refractivity contribution in [3.05, 3.63) is 41.0 Å². The summed E-state index contributed by atoms with van der Waals surface area (Å²) in [5, 5.41) is 4.85. The lowest BCUT2D eigenvalue weighted by Crippen LogP contribution is -2.22. The van der Waals surface area contributed by atoms with Gasteiger partial charge in [0.1, 0.15) is 0 Å². The largest absolute Gasteiger partial charge is 0.481 e. The van der Waals surface area contributed by atoms with E-state index < -0.39 is 0 Å². The number of benzene rings is 1. The van der Waals surface area contributed by atoms with Crippen LogP contribution in [0, 0.1) is 0 Å². The molecule has 1 aromatic heterocycles. The van der Waals surface area contributed by atoms with E-state index in [0.717, 1.165) is 5.69 Å². The molecule has 100 valence electrons. The van der Waals surface area contributed by atoms with E-state index in [1.807, 2.05) is 12.1 Å². The second-order valence-electron chi connectivity index (χ2n) is 4.16. The summed E-state index contributed by atoms with van der Waals surface area (Å²) in [6, 6.07) is 8.77. The molecule has 2 rings (SSSR count). The molecule has 2 aromatic rings. The van der Waals surface area contributed by atoms with Crippen molar-refractivity contribution < 1.29 is 9.53 Å². The first kappa shape index (κ1) is 13.4. The van der Waals surface area contributed by atoms with Crippen LogP contribution in [-0.2, 0) is 0 Å². The Morgan fingerprint density at radius 1 is 1.37 bits per heavy atom. The quantitative estimate of drug-likeness (QED) is 0.866. The number of carbonyl (C=O) groups is 1. The van der Waals surface area contributed by atoms with Gasteiger partial charge >= 0.3 is 0 Å². The van der Waals surface area contributed by atoms with Crippen LogP contribution in [0.2, 0.25) is 5.02 Å². The van der Waals surface area contributed by atoms with Crippen molar-refractivity contribution in [1.82, 2.24) is 14.7 Å². The number of rotatable bonds is 3. The van der Waals surface area contributed by atoms with E-state index in [0.29, 0.717) is 16.6 Å². The van der Waals surface area contributed by atoms with Crippen LogP contribution in [-0.4, -0.2) is 41.8 Å². The summed E-state index contributed by atoms with van der Waals surface area (Å²) >= 11 is 5.95. The molecule has 0 aliphatic carbocycles. The smallest absolute Gasteiger partial charge is 0.273 e. The zero-order valence-corrected chi connectivity index (χ0v) is 11.7. The Hall–Kier alpha value is -2.01. The van der Waals surface area contributed by atoms with Crippen LogP contribution in [0.1, 0.15) is 10.5 Å². The zero-order valence-electron chi connectivity index (χ0n) is 10.9. The van der Waals surface area contributed by atoms with Crippen molar-refractivity contribution in [3.63, 3.8) is 0 Å². The highest BCUT2D eigenvalue weighted by Gasteiger charge is 2.17. The Labute approximate surface area is 116 Å². The molecule has 1 aromatic carbocycles. The Morgan fingerprint density at radius 2 is 2.11 bits per heavy atom. The van der Waals surface area contributed by atoms with Crippen LogP contribution in [0.25, 0.3) is 5.69 Å². The molecule has 6 heteroatoms. The van der Waals surface area contributed by atoms with E-state index in [2.05, 4.69) is 5.10 Å². The number of hydrogen-bond donors (Lipinski definition) is 0. The molecule has 0 unspecified atom stereocenters. The van der Waals surface area contributed by atoms with Crippen molar-refractivity contribution >= 4 is 17.5 Å². The molecule has 0 spiro atoms. The summed E-state index contributed by atoms with van der Waals surface area (Å²) in [5.41, 5.74) is 1.06. The molecule has 0 aliphatic rings. The summed E-state index contributed by atoms with van der Waals surface area (Å²) in [6.07, 6.45) is 0. The standard InChI is InChI=1S/C13H14ClN3O2/c1-16(2)13(18)11-8-12(19-3)17(15-11)10-6-4-5-9(14)7-10/h4-8H,1-3H3. The zero-order chi connectivity index (χ0) is 14.0. The van der Waals surface area contributed by atoms with Gasteiger partial charge in [-0.05, 0) is 18.2 Å². The average molecular weight is 280 g/mol. The minimum absolute atomic E-state index is 0.181. The third kappa shape index (κ3) is 2.71. The average Bonchev–Trinajstić information content (AvgIpc) is 2.81. The second-order valence-corrected chi connectivity index (χ2v) is 4.60. The highest BCUT2D eigenvalue weighted by Crippen LogP contribution is 2.22. The first-order valence-corrected chi connectivity index (χ1v) is 6.02. The third-order valence-corrected chi connectivity index (χ3v) is 2.80. The first-order valence-electron chi connectivity index (χ1n) is 5.64. The maximum absolute atomic E-state index is 11.9. The monoisotopic (exact) mass is 279 g/mol. The number of carbonyl (C=O) groups excluding carboxylic acids is 1. The van der Waals surface area contributed by atoms with E-state index in [4.69, 9.17) is 16.3 Å². The van der Waals surface area contributed by atoms with Crippen molar-refractivity contribution in [3.8, 4) is 11.6 Å². The molecule has 19 heavy (non-hydrogen) atoms. The van der Waals surface area contributed by atoms with Crippen LogP contribution in [0.3, 0.4) is 0 Å². The number of aromatic nitrogens is 2. The molecule has 0 atom stereocenters. The van der Waals surface area contributed by atoms with Gasteiger partial charge in [0, 0.05) is 25.2 Å².